The number of rotatable bonds is 3. The summed E-state index contributed by atoms with van der Waals surface area (Å²) in [5.41, 5.74) is 2.08. The summed E-state index contributed by atoms with van der Waals surface area (Å²) in [6.07, 6.45) is 1.60. The third kappa shape index (κ3) is 2.41. The third-order valence-electron chi connectivity index (χ3n) is 2.95. The van der Waals surface area contributed by atoms with E-state index in [-0.39, 0.29) is 0 Å². The Hall–Kier alpha value is -1.65. The van der Waals surface area contributed by atoms with Crippen LogP contribution in [0.15, 0.2) is 42.0 Å². The first kappa shape index (κ1) is 12.4. The van der Waals surface area contributed by atoms with E-state index in [0.717, 1.165) is 33.2 Å². The van der Waals surface area contributed by atoms with Crippen molar-refractivity contribution in [3.63, 3.8) is 0 Å². The van der Waals surface area contributed by atoms with Crippen molar-refractivity contribution in [3.05, 3.63) is 52.6 Å². The van der Waals surface area contributed by atoms with E-state index >= 15 is 0 Å². The van der Waals surface area contributed by atoms with Crippen LogP contribution in [0.1, 0.15) is 5.56 Å². The van der Waals surface area contributed by atoms with E-state index in [1.807, 2.05) is 42.8 Å². The lowest BCUT2D eigenvalue weighted by Crippen LogP contribution is -2.18. The summed E-state index contributed by atoms with van der Waals surface area (Å²) in [4.78, 5) is 10.7. The van der Waals surface area contributed by atoms with Crippen LogP contribution in [0.5, 0.6) is 0 Å². The van der Waals surface area contributed by atoms with Crippen LogP contribution in [0.3, 0.4) is 0 Å². The molecule has 5 heteroatoms. The number of hydrogen-bond donors (Lipinski definition) is 0. The maximum Gasteiger partial charge on any atom is 0.150 e. The van der Waals surface area contributed by atoms with Gasteiger partial charge in [-0.05, 0) is 23.1 Å². The first-order valence-electron chi connectivity index (χ1n) is 5.88. The topological polar surface area (TPSA) is 29.0 Å². The van der Waals surface area contributed by atoms with Crippen molar-refractivity contribution in [2.45, 2.75) is 6.54 Å². The Labute approximate surface area is 120 Å². The number of halogens is 1. The molecule has 19 heavy (non-hydrogen) atoms. The van der Waals surface area contributed by atoms with Crippen molar-refractivity contribution < 1.29 is 0 Å². The quantitative estimate of drug-likeness (QED) is 0.730. The highest BCUT2D eigenvalue weighted by Crippen LogP contribution is 2.28. The molecule has 3 aromatic rings. The molecule has 0 atom stereocenters. The van der Waals surface area contributed by atoms with Crippen LogP contribution in [0.2, 0.25) is 5.02 Å². The molecule has 0 aliphatic heterocycles. The molecule has 2 heterocycles. The van der Waals surface area contributed by atoms with Crippen LogP contribution in [-0.4, -0.2) is 17.0 Å². The molecule has 0 radical (unpaired) electrons. The number of anilines is 1. The van der Waals surface area contributed by atoms with Crippen molar-refractivity contribution in [1.82, 2.24) is 9.97 Å². The molecular weight excluding hydrogens is 278 g/mol. The van der Waals surface area contributed by atoms with Gasteiger partial charge in [-0.15, -0.1) is 11.3 Å². The van der Waals surface area contributed by atoms with Gasteiger partial charge in [-0.3, -0.25) is 0 Å². The molecule has 1 aromatic carbocycles. The minimum Gasteiger partial charge on any atom is -0.354 e. The third-order valence-corrected chi connectivity index (χ3v) is 4.22. The van der Waals surface area contributed by atoms with Crippen molar-refractivity contribution in [1.29, 1.82) is 0 Å². The van der Waals surface area contributed by atoms with Gasteiger partial charge in [0.2, 0.25) is 0 Å². The molecule has 0 unspecified atom stereocenters. The van der Waals surface area contributed by atoms with Crippen molar-refractivity contribution in [3.8, 4) is 0 Å². The predicted molar refractivity (Wildman–Crippen MR) is 81.0 cm³/mol. The highest BCUT2D eigenvalue weighted by molar-refractivity contribution is 7.17. The molecule has 96 valence electrons. The Morgan fingerprint density at radius 2 is 2.05 bits per heavy atom. The van der Waals surface area contributed by atoms with Crippen LogP contribution >= 0.6 is 22.9 Å². The number of aromatic nitrogens is 2. The van der Waals surface area contributed by atoms with Gasteiger partial charge in [0.25, 0.3) is 0 Å². The summed E-state index contributed by atoms with van der Waals surface area (Å²) < 4.78 is 1.11. The number of nitrogens with zero attached hydrogens (tertiary/aromatic N) is 3. The molecular formula is C14H12ClN3S. The second-order valence-electron chi connectivity index (χ2n) is 4.28. The smallest absolute Gasteiger partial charge is 0.150 e. The van der Waals surface area contributed by atoms with E-state index in [1.165, 1.54) is 0 Å². The number of benzene rings is 1. The fourth-order valence-electron chi connectivity index (χ4n) is 2.00. The average molecular weight is 290 g/mol. The summed E-state index contributed by atoms with van der Waals surface area (Å²) >= 11 is 7.85. The van der Waals surface area contributed by atoms with E-state index in [1.54, 1.807) is 17.7 Å². The fraction of sp³-hybridized carbons (Fsp3) is 0.143. The summed E-state index contributed by atoms with van der Waals surface area (Å²) in [6, 6.07) is 9.88. The molecule has 3 nitrogen and oxygen atoms in total. The molecule has 0 spiro atoms. The Bertz CT molecular complexity index is 710. The lowest BCUT2D eigenvalue weighted by molar-refractivity contribution is 0.902. The minimum absolute atomic E-state index is 0.726. The molecule has 0 aliphatic carbocycles. The molecule has 0 saturated heterocycles. The lowest BCUT2D eigenvalue weighted by Gasteiger charge is -2.19. The monoisotopic (exact) mass is 289 g/mol. The van der Waals surface area contributed by atoms with Gasteiger partial charge in [0.1, 0.15) is 12.1 Å². The van der Waals surface area contributed by atoms with E-state index in [2.05, 4.69) is 14.9 Å². The summed E-state index contributed by atoms with van der Waals surface area (Å²) in [5, 5.41) is 2.82. The molecule has 3 rings (SSSR count). The standard InChI is InChI=1S/C14H12ClN3S/c1-18(8-10-4-2-3-5-11(10)15)14-13-12(6-7-19-13)16-9-17-14/h2-7,9H,8H2,1H3. The van der Waals surface area contributed by atoms with Gasteiger partial charge >= 0.3 is 0 Å². The number of hydrogen-bond acceptors (Lipinski definition) is 4. The van der Waals surface area contributed by atoms with E-state index in [9.17, 15) is 0 Å². The van der Waals surface area contributed by atoms with Crippen molar-refractivity contribution >= 4 is 39.0 Å². The van der Waals surface area contributed by atoms with Gasteiger partial charge in [0.15, 0.2) is 0 Å². The Balaban J connectivity index is 1.94. The van der Waals surface area contributed by atoms with Crippen molar-refractivity contribution in [2.75, 3.05) is 11.9 Å². The fourth-order valence-corrected chi connectivity index (χ4v) is 3.09. The summed E-state index contributed by atoms with van der Waals surface area (Å²) in [5.74, 6) is 0.944. The minimum atomic E-state index is 0.726. The Morgan fingerprint density at radius 3 is 2.89 bits per heavy atom. The van der Waals surface area contributed by atoms with Gasteiger partial charge in [-0.1, -0.05) is 29.8 Å². The van der Waals surface area contributed by atoms with E-state index in [4.69, 9.17) is 11.6 Å². The molecule has 0 aliphatic rings. The SMILES string of the molecule is CN(Cc1ccccc1Cl)c1ncnc2ccsc12. The van der Waals surface area contributed by atoms with Gasteiger partial charge < -0.3 is 4.90 Å². The molecule has 0 amide bonds. The zero-order chi connectivity index (χ0) is 13.2. The maximum atomic E-state index is 6.20. The zero-order valence-corrected chi connectivity index (χ0v) is 11.9. The van der Waals surface area contributed by atoms with Crippen molar-refractivity contribution in [2.24, 2.45) is 0 Å². The largest absolute Gasteiger partial charge is 0.354 e. The van der Waals surface area contributed by atoms with Crippen LogP contribution in [-0.2, 0) is 6.54 Å². The van der Waals surface area contributed by atoms with Crippen LogP contribution in [0.25, 0.3) is 10.2 Å². The van der Waals surface area contributed by atoms with E-state index in [0.29, 0.717) is 0 Å². The molecule has 0 fully saturated rings. The first-order valence-corrected chi connectivity index (χ1v) is 7.14. The number of fused-ring (bicyclic) bond motifs is 1. The number of thiophene rings is 1. The second kappa shape index (κ2) is 5.15. The molecule has 0 N–H and O–H groups in total. The summed E-state index contributed by atoms with van der Waals surface area (Å²) in [6.45, 7) is 0.726. The van der Waals surface area contributed by atoms with Gasteiger partial charge in [-0.25, -0.2) is 9.97 Å². The molecule has 0 saturated carbocycles. The first-order chi connectivity index (χ1) is 9.25. The van der Waals surface area contributed by atoms with Gasteiger partial charge in [0, 0.05) is 18.6 Å². The average Bonchev–Trinajstić information content (AvgIpc) is 2.89. The molecule has 2 aromatic heterocycles. The predicted octanol–water partition coefficient (Wildman–Crippen LogP) is 3.98. The normalized spacial score (nSPS) is 10.8. The highest BCUT2D eigenvalue weighted by atomic mass is 35.5. The molecule has 0 bridgehead atoms. The second-order valence-corrected chi connectivity index (χ2v) is 5.60. The van der Waals surface area contributed by atoms with E-state index < -0.39 is 0 Å². The van der Waals surface area contributed by atoms with Gasteiger partial charge in [0.05, 0.1) is 10.2 Å². The Morgan fingerprint density at radius 1 is 1.21 bits per heavy atom. The van der Waals surface area contributed by atoms with Crippen LogP contribution in [0, 0.1) is 0 Å². The van der Waals surface area contributed by atoms with Crippen LogP contribution in [0.4, 0.5) is 5.82 Å². The highest BCUT2D eigenvalue weighted by Gasteiger charge is 2.11. The zero-order valence-electron chi connectivity index (χ0n) is 10.4. The maximum absolute atomic E-state index is 6.20. The Kier molecular flexibility index (Phi) is 3.36. The van der Waals surface area contributed by atoms with Crippen LogP contribution < -0.4 is 4.90 Å². The lowest BCUT2D eigenvalue weighted by atomic mass is 10.2. The summed E-state index contributed by atoms with van der Waals surface area (Å²) in [7, 11) is 2.02. The van der Waals surface area contributed by atoms with Gasteiger partial charge in [-0.2, -0.15) is 0 Å².